The Balaban J connectivity index is 1.29. The Morgan fingerprint density at radius 2 is 1.37 bits per heavy atom. The molecule has 0 aliphatic carbocycles. The van der Waals surface area contributed by atoms with Crippen LogP contribution in [0.25, 0.3) is 0 Å². The number of hydrogen-bond acceptors (Lipinski definition) is 5. The molecular weight excluding hydrogens is 512 g/mol. The van der Waals surface area contributed by atoms with Crippen molar-refractivity contribution in [2.75, 3.05) is 19.8 Å². The molecule has 0 atom stereocenters. The Kier molecular flexibility index (Phi) is 16.3. The van der Waals surface area contributed by atoms with Gasteiger partial charge >= 0.3 is 5.97 Å². The summed E-state index contributed by atoms with van der Waals surface area (Å²) in [6, 6.07) is 14.5. The maximum absolute atomic E-state index is 12.6. The van der Waals surface area contributed by atoms with Crippen LogP contribution in [-0.4, -0.2) is 25.8 Å². The molecule has 1 fully saturated rings. The van der Waals surface area contributed by atoms with E-state index in [0.717, 1.165) is 37.4 Å². The highest BCUT2D eigenvalue weighted by Crippen LogP contribution is 2.29. The van der Waals surface area contributed by atoms with Gasteiger partial charge in [0, 0.05) is 11.5 Å². The second-order valence-electron chi connectivity index (χ2n) is 11.3. The van der Waals surface area contributed by atoms with Crippen molar-refractivity contribution in [3.05, 3.63) is 72.3 Å². The van der Waals surface area contributed by atoms with Crippen LogP contribution in [0.2, 0.25) is 0 Å². The third kappa shape index (κ3) is 13.3. The van der Waals surface area contributed by atoms with E-state index in [0.29, 0.717) is 23.8 Å². The molecule has 41 heavy (non-hydrogen) atoms. The lowest BCUT2D eigenvalue weighted by atomic mass is 10.0. The number of ether oxygens (including phenoxy) is 4. The van der Waals surface area contributed by atoms with Crippen molar-refractivity contribution >= 4 is 5.97 Å². The SMILES string of the molecule is C=CCCCCCCCCOc1ccc(C(=O)Oc2ccc([C@H]3OC[C@H](CCCCCCCCC)CO3)cc2)cc1. The molecular formula is C36H52O5. The fourth-order valence-corrected chi connectivity index (χ4v) is 5.13. The van der Waals surface area contributed by atoms with Gasteiger partial charge in [-0.1, -0.05) is 95.8 Å². The average molecular weight is 565 g/mol. The third-order valence-electron chi connectivity index (χ3n) is 7.71. The molecule has 0 unspecified atom stereocenters. The fourth-order valence-electron chi connectivity index (χ4n) is 5.13. The molecule has 0 aromatic heterocycles. The minimum absolute atomic E-state index is 0.361. The van der Waals surface area contributed by atoms with E-state index >= 15 is 0 Å². The van der Waals surface area contributed by atoms with Crippen LogP contribution >= 0.6 is 0 Å². The summed E-state index contributed by atoms with van der Waals surface area (Å²) in [5.41, 5.74) is 1.43. The molecule has 0 amide bonds. The zero-order valence-electron chi connectivity index (χ0n) is 25.3. The smallest absolute Gasteiger partial charge is 0.343 e. The highest BCUT2D eigenvalue weighted by Gasteiger charge is 2.23. The van der Waals surface area contributed by atoms with Crippen molar-refractivity contribution in [3.63, 3.8) is 0 Å². The van der Waals surface area contributed by atoms with Gasteiger partial charge in [-0.3, -0.25) is 0 Å². The molecule has 5 nitrogen and oxygen atoms in total. The van der Waals surface area contributed by atoms with E-state index in [2.05, 4.69) is 13.5 Å². The van der Waals surface area contributed by atoms with E-state index in [1.54, 1.807) is 24.3 Å². The molecule has 3 rings (SSSR count). The van der Waals surface area contributed by atoms with Crippen LogP contribution in [0.4, 0.5) is 0 Å². The van der Waals surface area contributed by atoms with Crippen molar-refractivity contribution < 1.29 is 23.7 Å². The van der Waals surface area contributed by atoms with E-state index in [-0.39, 0.29) is 12.3 Å². The first-order chi connectivity index (χ1) is 20.2. The molecule has 1 aliphatic heterocycles. The van der Waals surface area contributed by atoms with Crippen LogP contribution in [0.5, 0.6) is 11.5 Å². The van der Waals surface area contributed by atoms with Gasteiger partial charge in [0.25, 0.3) is 0 Å². The largest absolute Gasteiger partial charge is 0.494 e. The zero-order chi connectivity index (χ0) is 29.0. The first kappa shape index (κ1) is 32.9. The van der Waals surface area contributed by atoms with E-state index in [1.165, 1.54) is 83.5 Å². The van der Waals surface area contributed by atoms with E-state index in [9.17, 15) is 4.79 Å². The van der Waals surface area contributed by atoms with E-state index < -0.39 is 0 Å². The predicted octanol–water partition coefficient (Wildman–Crippen LogP) is 10.0. The topological polar surface area (TPSA) is 54.0 Å². The molecule has 226 valence electrons. The van der Waals surface area contributed by atoms with Gasteiger partial charge in [0.05, 0.1) is 25.4 Å². The van der Waals surface area contributed by atoms with Crippen LogP contribution in [0, 0.1) is 5.92 Å². The molecule has 0 saturated carbocycles. The minimum Gasteiger partial charge on any atom is -0.494 e. The Labute approximate surface area is 248 Å². The summed E-state index contributed by atoms with van der Waals surface area (Å²) in [5, 5.41) is 0. The van der Waals surface area contributed by atoms with Crippen molar-refractivity contribution in [1.29, 1.82) is 0 Å². The molecule has 0 N–H and O–H groups in total. The number of hydrogen-bond donors (Lipinski definition) is 0. The van der Waals surface area contributed by atoms with E-state index in [1.807, 2.05) is 30.3 Å². The van der Waals surface area contributed by atoms with Crippen molar-refractivity contribution in [1.82, 2.24) is 0 Å². The summed E-state index contributed by atoms with van der Waals surface area (Å²) in [6.45, 7) is 8.17. The van der Waals surface area contributed by atoms with Gasteiger partial charge in [-0.05, 0) is 62.1 Å². The van der Waals surface area contributed by atoms with Gasteiger partial charge in [-0.15, -0.1) is 6.58 Å². The van der Waals surface area contributed by atoms with Crippen LogP contribution in [-0.2, 0) is 9.47 Å². The first-order valence-corrected chi connectivity index (χ1v) is 16.1. The molecule has 2 aromatic rings. The molecule has 1 aliphatic rings. The number of rotatable bonds is 21. The maximum Gasteiger partial charge on any atom is 0.343 e. The lowest BCUT2D eigenvalue weighted by molar-refractivity contribution is -0.206. The van der Waals surface area contributed by atoms with Crippen molar-refractivity contribution in [3.8, 4) is 11.5 Å². The van der Waals surface area contributed by atoms with Gasteiger partial charge in [0.15, 0.2) is 6.29 Å². The minimum atomic E-state index is -0.390. The number of allylic oxidation sites excluding steroid dienone is 1. The summed E-state index contributed by atoms with van der Waals surface area (Å²) in [5.74, 6) is 1.35. The predicted molar refractivity (Wildman–Crippen MR) is 167 cm³/mol. The number of benzene rings is 2. The molecule has 0 spiro atoms. The quantitative estimate of drug-likeness (QED) is 0.0653. The van der Waals surface area contributed by atoms with Gasteiger partial charge in [0.1, 0.15) is 11.5 Å². The Hall–Kier alpha value is -2.63. The molecule has 5 heteroatoms. The standard InChI is InChI=1S/C36H52O5/c1-3-5-7-9-11-13-15-17-27-38-33-23-19-31(20-24-33)35(37)41-34-25-21-32(22-26-34)36-39-28-30(29-40-36)18-16-14-12-10-8-6-4-2/h3,19-26,30,36H,1,4-18,27-29H2,2H3/t30-,36-. The van der Waals surface area contributed by atoms with Gasteiger partial charge in [-0.2, -0.15) is 0 Å². The zero-order valence-corrected chi connectivity index (χ0v) is 25.3. The summed E-state index contributed by atoms with van der Waals surface area (Å²) in [4.78, 5) is 12.6. The fraction of sp³-hybridized carbons (Fsp3) is 0.583. The Morgan fingerprint density at radius 3 is 2.02 bits per heavy atom. The summed E-state index contributed by atoms with van der Waals surface area (Å²) in [7, 11) is 0. The van der Waals surface area contributed by atoms with Crippen LogP contribution in [0.15, 0.2) is 61.2 Å². The maximum atomic E-state index is 12.6. The number of carbonyl (C=O) groups excluding carboxylic acids is 1. The van der Waals surface area contributed by atoms with Crippen molar-refractivity contribution in [2.45, 2.75) is 110 Å². The second kappa shape index (κ2) is 20.3. The number of carbonyl (C=O) groups is 1. The summed E-state index contributed by atoms with van der Waals surface area (Å²) in [6.07, 6.45) is 20.4. The molecule has 0 bridgehead atoms. The summed E-state index contributed by atoms with van der Waals surface area (Å²) < 4.78 is 23.4. The third-order valence-corrected chi connectivity index (χ3v) is 7.71. The number of unbranched alkanes of at least 4 members (excludes halogenated alkanes) is 12. The van der Waals surface area contributed by atoms with Gasteiger partial charge in [0.2, 0.25) is 0 Å². The second-order valence-corrected chi connectivity index (χ2v) is 11.3. The number of esters is 1. The van der Waals surface area contributed by atoms with Gasteiger partial charge in [-0.25, -0.2) is 4.79 Å². The van der Waals surface area contributed by atoms with Crippen LogP contribution < -0.4 is 9.47 Å². The lowest BCUT2D eigenvalue weighted by Crippen LogP contribution is -2.27. The van der Waals surface area contributed by atoms with E-state index in [4.69, 9.17) is 18.9 Å². The Bertz CT molecular complexity index is 960. The highest BCUT2D eigenvalue weighted by molar-refractivity contribution is 5.91. The van der Waals surface area contributed by atoms with Crippen molar-refractivity contribution in [2.24, 2.45) is 5.92 Å². The molecule has 2 aromatic carbocycles. The molecule has 1 heterocycles. The van der Waals surface area contributed by atoms with Crippen LogP contribution in [0.1, 0.15) is 125 Å². The van der Waals surface area contributed by atoms with Gasteiger partial charge < -0.3 is 18.9 Å². The molecule has 1 saturated heterocycles. The average Bonchev–Trinajstić information content (AvgIpc) is 3.01. The monoisotopic (exact) mass is 564 g/mol. The normalized spacial score (nSPS) is 16.8. The lowest BCUT2D eigenvalue weighted by Gasteiger charge is -2.29. The highest BCUT2D eigenvalue weighted by atomic mass is 16.7. The molecule has 0 radical (unpaired) electrons. The van der Waals surface area contributed by atoms with Crippen LogP contribution in [0.3, 0.4) is 0 Å². The Morgan fingerprint density at radius 1 is 0.780 bits per heavy atom. The first-order valence-electron chi connectivity index (χ1n) is 16.1. The summed E-state index contributed by atoms with van der Waals surface area (Å²) >= 11 is 0.